The number of rotatable bonds is 3. The van der Waals surface area contributed by atoms with Crippen molar-refractivity contribution in [3.8, 4) is 5.75 Å². The number of hydrogen-bond acceptors (Lipinski definition) is 4. The van der Waals surface area contributed by atoms with Crippen molar-refractivity contribution < 1.29 is 13.5 Å². The molecule has 0 saturated carbocycles. The number of nitrogens with one attached hydrogen (secondary N) is 1. The van der Waals surface area contributed by atoms with E-state index in [1.165, 1.54) is 23.5 Å². The topological polar surface area (TPSA) is 34.1 Å². The molecule has 0 spiro atoms. The first-order chi connectivity index (χ1) is 9.67. The molecule has 0 unspecified atom stereocenters. The quantitative estimate of drug-likeness (QED) is 0.780. The lowest BCUT2D eigenvalue weighted by Crippen LogP contribution is -1.93. The molecule has 0 radical (unpaired) electrons. The van der Waals surface area contributed by atoms with Crippen molar-refractivity contribution in [2.24, 2.45) is 0 Å². The summed E-state index contributed by atoms with van der Waals surface area (Å²) in [5.41, 5.74) is 0.898. The van der Waals surface area contributed by atoms with Crippen molar-refractivity contribution in [1.82, 2.24) is 4.98 Å². The summed E-state index contributed by atoms with van der Waals surface area (Å²) < 4.78 is 32.6. The Morgan fingerprint density at radius 1 is 1.20 bits per heavy atom. The maximum atomic E-state index is 13.6. The third-order valence-corrected chi connectivity index (χ3v) is 3.71. The average molecular weight is 292 g/mol. The van der Waals surface area contributed by atoms with Crippen molar-refractivity contribution in [2.45, 2.75) is 0 Å². The van der Waals surface area contributed by atoms with Crippen LogP contribution in [0.3, 0.4) is 0 Å². The van der Waals surface area contributed by atoms with Crippen LogP contribution in [-0.4, -0.2) is 12.1 Å². The van der Waals surface area contributed by atoms with Crippen molar-refractivity contribution in [1.29, 1.82) is 0 Å². The van der Waals surface area contributed by atoms with E-state index in [2.05, 4.69) is 10.3 Å². The van der Waals surface area contributed by atoms with E-state index in [0.717, 1.165) is 10.8 Å². The molecule has 0 aliphatic rings. The highest BCUT2D eigenvalue weighted by molar-refractivity contribution is 7.22. The van der Waals surface area contributed by atoms with E-state index in [0.29, 0.717) is 16.4 Å². The van der Waals surface area contributed by atoms with E-state index in [9.17, 15) is 8.78 Å². The molecule has 0 aliphatic heterocycles. The zero-order valence-corrected chi connectivity index (χ0v) is 11.3. The number of benzene rings is 2. The predicted octanol–water partition coefficient (Wildman–Crippen LogP) is 4.33. The molecule has 0 fully saturated rings. The third-order valence-electron chi connectivity index (χ3n) is 2.77. The Hall–Kier alpha value is -2.21. The summed E-state index contributed by atoms with van der Waals surface area (Å²) in [6.07, 6.45) is 0. The molecule has 0 bridgehead atoms. The minimum atomic E-state index is -0.656. The first kappa shape index (κ1) is 12.8. The molecule has 0 aliphatic carbocycles. The van der Waals surface area contributed by atoms with Crippen LogP contribution in [0.1, 0.15) is 0 Å². The van der Waals surface area contributed by atoms with Gasteiger partial charge in [-0.3, -0.25) is 0 Å². The van der Waals surface area contributed by atoms with E-state index in [4.69, 9.17) is 4.74 Å². The van der Waals surface area contributed by atoms with Crippen LogP contribution in [0.4, 0.5) is 19.6 Å². The van der Waals surface area contributed by atoms with Gasteiger partial charge in [0.15, 0.2) is 5.13 Å². The molecule has 2 aromatic carbocycles. The van der Waals surface area contributed by atoms with E-state index < -0.39 is 11.6 Å². The van der Waals surface area contributed by atoms with Crippen molar-refractivity contribution in [2.75, 3.05) is 12.4 Å². The number of para-hydroxylation sites is 1. The molecule has 0 saturated heterocycles. The van der Waals surface area contributed by atoms with Crippen molar-refractivity contribution >= 4 is 32.4 Å². The Labute approximate surface area is 117 Å². The average Bonchev–Trinajstić information content (AvgIpc) is 2.84. The van der Waals surface area contributed by atoms with Crippen LogP contribution in [0.5, 0.6) is 5.75 Å². The molecule has 1 heterocycles. The van der Waals surface area contributed by atoms with Crippen LogP contribution in [0, 0.1) is 11.6 Å². The van der Waals surface area contributed by atoms with E-state index in [1.807, 2.05) is 18.2 Å². The van der Waals surface area contributed by atoms with Crippen LogP contribution in [0.25, 0.3) is 10.2 Å². The Morgan fingerprint density at radius 2 is 2.05 bits per heavy atom. The lowest BCUT2D eigenvalue weighted by Gasteiger charge is -2.03. The Morgan fingerprint density at radius 3 is 2.80 bits per heavy atom. The predicted molar refractivity (Wildman–Crippen MR) is 75.8 cm³/mol. The molecule has 1 N–H and O–H groups in total. The zero-order chi connectivity index (χ0) is 14.1. The Balaban J connectivity index is 1.99. The Kier molecular flexibility index (Phi) is 3.23. The monoisotopic (exact) mass is 292 g/mol. The first-order valence-electron chi connectivity index (χ1n) is 5.83. The number of hydrogen-bond donors (Lipinski definition) is 1. The lowest BCUT2D eigenvalue weighted by atomic mass is 10.3. The molecule has 20 heavy (non-hydrogen) atoms. The number of anilines is 2. The number of halogens is 2. The second-order valence-electron chi connectivity index (χ2n) is 4.08. The number of fused-ring (bicyclic) bond motifs is 1. The SMILES string of the molecule is COc1cccc2sc(Nc3ccc(F)cc3F)nc12. The fraction of sp³-hybridized carbons (Fsp3) is 0.0714. The maximum absolute atomic E-state index is 13.6. The number of nitrogens with zero attached hydrogens (tertiary/aromatic N) is 1. The normalized spacial score (nSPS) is 10.8. The van der Waals surface area contributed by atoms with Crippen LogP contribution in [0.15, 0.2) is 36.4 Å². The molecule has 3 nitrogen and oxygen atoms in total. The second-order valence-corrected chi connectivity index (χ2v) is 5.11. The Bertz CT molecular complexity index is 773. The van der Waals surface area contributed by atoms with Gasteiger partial charge in [0.05, 0.1) is 17.5 Å². The van der Waals surface area contributed by atoms with Gasteiger partial charge in [0, 0.05) is 6.07 Å². The third kappa shape index (κ3) is 2.30. The number of aromatic nitrogens is 1. The van der Waals surface area contributed by atoms with Gasteiger partial charge in [0.25, 0.3) is 0 Å². The van der Waals surface area contributed by atoms with Gasteiger partial charge in [-0.05, 0) is 24.3 Å². The summed E-state index contributed by atoms with van der Waals surface area (Å²) in [4.78, 5) is 4.36. The fourth-order valence-electron chi connectivity index (χ4n) is 1.85. The fourth-order valence-corrected chi connectivity index (χ4v) is 2.74. The van der Waals surface area contributed by atoms with Crippen molar-refractivity contribution in [3.63, 3.8) is 0 Å². The second kappa shape index (κ2) is 5.05. The van der Waals surface area contributed by atoms with Crippen LogP contribution in [-0.2, 0) is 0 Å². The number of ether oxygens (including phenoxy) is 1. The highest BCUT2D eigenvalue weighted by Crippen LogP contribution is 2.33. The summed E-state index contributed by atoms with van der Waals surface area (Å²) in [5, 5.41) is 3.37. The van der Waals surface area contributed by atoms with E-state index in [-0.39, 0.29) is 5.69 Å². The van der Waals surface area contributed by atoms with Crippen molar-refractivity contribution in [3.05, 3.63) is 48.0 Å². The highest BCUT2D eigenvalue weighted by Gasteiger charge is 2.10. The highest BCUT2D eigenvalue weighted by atomic mass is 32.1. The molecule has 3 rings (SSSR count). The van der Waals surface area contributed by atoms with E-state index >= 15 is 0 Å². The summed E-state index contributed by atoms with van der Waals surface area (Å²) >= 11 is 1.37. The van der Waals surface area contributed by atoms with E-state index in [1.54, 1.807) is 7.11 Å². The molecular weight excluding hydrogens is 282 g/mol. The molecule has 6 heteroatoms. The maximum Gasteiger partial charge on any atom is 0.188 e. The molecule has 102 valence electrons. The summed E-state index contributed by atoms with van der Waals surface area (Å²) in [6.45, 7) is 0. The van der Waals surface area contributed by atoms with Gasteiger partial charge in [-0.25, -0.2) is 13.8 Å². The van der Waals surface area contributed by atoms with Crippen LogP contribution >= 0.6 is 11.3 Å². The van der Waals surface area contributed by atoms with Gasteiger partial charge in [-0.1, -0.05) is 17.4 Å². The largest absolute Gasteiger partial charge is 0.494 e. The lowest BCUT2D eigenvalue weighted by molar-refractivity contribution is 0.419. The van der Waals surface area contributed by atoms with Gasteiger partial charge in [0.1, 0.15) is 22.9 Å². The number of methoxy groups -OCH3 is 1. The molecule has 0 amide bonds. The number of thiazole rings is 1. The van der Waals surface area contributed by atoms with Gasteiger partial charge in [0.2, 0.25) is 0 Å². The molecule has 1 aromatic heterocycles. The van der Waals surface area contributed by atoms with Crippen LogP contribution in [0.2, 0.25) is 0 Å². The summed E-state index contributed by atoms with van der Waals surface area (Å²) in [7, 11) is 1.57. The first-order valence-corrected chi connectivity index (χ1v) is 6.64. The smallest absolute Gasteiger partial charge is 0.188 e. The van der Waals surface area contributed by atoms with Gasteiger partial charge < -0.3 is 10.1 Å². The van der Waals surface area contributed by atoms with Gasteiger partial charge in [-0.2, -0.15) is 0 Å². The standard InChI is InChI=1S/C14H10F2N2OS/c1-19-11-3-2-4-12-13(11)18-14(20-12)17-10-6-5-8(15)7-9(10)16/h2-7H,1H3,(H,17,18). The summed E-state index contributed by atoms with van der Waals surface area (Å²) in [6, 6.07) is 8.94. The molecular formula is C14H10F2N2OS. The zero-order valence-electron chi connectivity index (χ0n) is 10.5. The van der Waals surface area contributed by atoms with Gasteiger partial charge in [-0.15, -0.1) is 0 Å². The molecule has 3 aromatic rings. The minimum Gasteiger partial charge on any atom is -0.494 e. The minimum absolute atomic E-state index is 0.185. The molecule has 0 atom stereocenters. The summed E-state index contributed by atoms with van der Waals surface area (Å²) in [5.74, 6) is -0.610. The van der Waals surface area contributed by atoms with Crippen LogP contribution < -0.4 is 10.1 Å². The van der Waals surface area contributed by atoms with Gasteiger partial charge >= 0.3 is 0 Å².